The Hall–Kier alpha value is -0.570. The Morgan fingerprint density at radius 2 is 1.72 bits per heavy atom. The fraction of sp³-hybridized carbons (Fsp3) is 0.933. The Balaban J connectivity index is 1.82. The van der Waals surface area contributed by atoms with Gasteiger partial charge in [-0.2, -0.15) is 0 Å². The molecule has 0 aromatic rings. The van der Waals surface area contributed by atoms with Crippen molar-refractivity contribution < 1.29 is 4.79 Å². The van der Waals surface area contributed by atoms with Crippen molar-refractivity contribution in [3.63, 3.8) is 0 Å². The normalized spacial score (nSPS) is 45.2. The number of amides is 1. The molecule has 0 aromatic carbocycles. The molecular weight excluding hydrogens is 224 g/mol. The highest BCUT2D eigenvalue weighted by molar-refractivity contribution is 5.76. The van der Waals surface area contributed by atoms with Crippen molar-refractivity contribution in [2.24, 2.45) is 11.8 Å². The summed E-state index contributed by atoms with van der Waals surface area (Å²) in [6.45, 7) is 5.21. The van der Waals surface area contributed by atoms with E-state index in [4.69, 9.17) is 0 Å². The van der Waals surface area contributed by atoms with Gasteiger partial charge < -0.3 is 10.6 Å². The highest BCUT2D eigenvalue weighted by atomic mass is 16.1. The first-order valence-corrected chi connectivity index (χ1v) is 7.65. The summed E-state index contributed by atoms with van der Waals surface area (Å²) in [5.41, 5.74) is 0.458. The minimum absolute atomic E-state index is 0.124. The molecule has 3 heteroatoms. The lowest BCUT2D eigenvalue weighted by Gasteiger charge is -2.62. The third-order valence-electron chi connectivity index (χ3n) is 5.34. The zero-order chi connectivity index (χ0) is 12.8. The predicted molar refractivity (Wildman–Crippen MR) is 72.3 cm³/mol. The van der Waals surface area contributed by atoms with E-state index in [1.165, 1.54) is 32.1 Å². The molecule has 4 aliphatic rings. The largest absolute Gasteiger partial charge is 0.351 e. The molecule has 0 heterocycles. The monoisotopic (exact) mass is 250 g/mol. The molecular formula is C15H26N2O. The average Bonchev–Trinajstić information content (AvgIpc) is 2.26. The lowest BCUT2D eigenvalue weighted by Crippen LogP contribution is -2.69. The van der Waals surface area contributed by atoms with Gasteiger partial charge in [0.15, 0.2) is 0 Å². The first kappa shape index (κ1) is 12.5. The van der Waals surface area contributed by atoms with Crippen LogP contribution >= 0.6 is 0 Å². The van der Waals surface area contributed by atoms with Crippen molar-refractivity contribution >= 4 is 5.91 Å². The fourth-order valence-electron chi connectivity index (χ4n) is 5.37. The Kier molecular flexibility index (Phi) is 2.92. The van der Waals surface area contributed by atoms with Gasteiger partial charge in [0.05, 0.1) is 0 Å². The van der Waals surface area contributed by atoms with E-state index in [1.54, 1.807) is 0 Å². The minimum atomic E-state index is 0.124. The van der Waals surface area contributed by atoms with Gasteiger partial charge in [0.1, 0.15) is 0 Å². The van der Waals surface area contributed by atoms with Crippen molar-refractivity contribution in [2.75, 3.05) is 6.54 Å². The third kappa shape index (κ3) is 1.97. The maximum Gasteiger partial charge on any atom is 0.220 e. The van der Waals surface area contributed by atoms with Crippen LogP contribution in [0.25, 0.3) is 0 Å². The van der Waals surface area contributed by atoms with Gasteiger partial charge in [-0.15, -0.1) is 0 Å². The van der Waals surface area contributed by atoms with Gasteiger partial charge in [-0.05, 0) is 56.9 Å². The summed E-state index contributed by atoms with van der Waals surface area (Å²) >= 11 is 0. The molecule has 2 atom stereocenters. The van der Waals surface area contributed by atoms with E-state index in [0.29, 0.717) is 12.0 Å². The van der Waals surface area contributed by atoms with Crippen LogP contribution < -0.4 is 10.6 Å². The minimum Gasteiger partial charge on any atom is -0.351 e. The van der Waals surface area contributed by atoms with Crippen LogP contribution in [0.2, 0.25) is 0 Å². The molecule has 0 spiro atoms. The van der Waals surface area contributed by atoms with E-state index in [0.717, 1.165) is 24.8 Å². The van der Waals surface area contributed by atoms with Crippen LogP contribution in [0.15, 0.2) is 0 Å². The van der Waals surface area contributed by atoms with Crippen LogP contribution in [0.4, 0.5) is 0 Å². The van der Waals surface area contributed by atoms with Gasteiger partial charge in [-0.25, -0.2) is 0 Å². The maximum atomic E-state index is 11.8. The second kappa shape index (κ2) is 4.22. The van der Waals surface area contributed by atoms with Crippen molar-refractivity contribution in [2.45, 2.75) is 69.9 Å². The topological polar surface area (TPSA) is 41.1 Å². The third-order valence-corrected chi connectivity index (χ3v) is 5.34. The lowest BCUT2D eigenvalue weighted by molar-refractivity contribution is -0.127. The molecule has 0 aliphatic heterocycles. The summed E-state index contributed by atoms with van der Waals surface area (Å²) in [4.78, 5) is 11.8. The quantitative estimate of drug-likeness (QED) is 0.803. The summed E-state index contributed by atoms with van der Waals surface area (Å²) in [5, 5.41) is 7.13. The Morgan fingerprint density at radius 1 is 1.11 bits per heavy atom. The molecule has 4 fully saturated rings. The van der Waals surface area contributed by atoms with E-state index >= 15 is 0 Å². The number of rotatable bonds is 4. The Morgan fingerprint density at radius 3 is 2.28 bits per heavy atom. The van der Waals surface area contributed by atoms with Crippen molar-refractivity contribution in [3.8, 4) is 0 Å². The zero-order valence-electron chi connectivity index (χ0n) is 11.7. The highest BCUT2D eigenvalue weighted by Gasteiger charge is 2.57. The second-order valence-corrected chi connectivity index (χ2v) is 6.95. The zero-order valence-corrected chi connectivity index (χ0v) is 11.7. The predicted octanol–water partition coefficient (Wildman–Crippen LogP) is 2.21. The molecule has 0 aromatic heterocycles. The standard InChI is InChI=1S/C15H26N2O/c1-3-13(18)17-15-8-11-5-12(9-15)7-14(6-11,10-15)16-4-2/h11-12,16H,3-10H2,1-2H3,(H,17,18). The van der Waals surface area contributed by atoms with Gasteiger partial charge in [-0.1, -0.05) is 13.8 Å². The van der Waals surface area contributed by atoms with Gasteiger partial charge >= 0.3 is 0 Å². The van der Waals surface area contributed by atoms with Crippen molar-refractivity contribution in [1.82, 2.24) is 10.6 Å². The SMILES string of the molecule is CCNC12CC3CC(C1)CC(NC(=O)CC)(C3)C2. The van der Waals surface area contributed by atoms with Gasteiger partial charge in [-0.3, -0.25) is 4.79 Å². The molecule has 4 bridgehead atoms. The smallest absolute Gasteiger partial charge is 0.220 e. The van der Waals surface area contributed by atoms with E-state index in [2.05, 4.69) is 17.6 Å². The summed E-state index contributed by atoms with van der Waals surface area (Å²) in [7, 11) is 0. The number of hydrogen-bond acceptors (Lipinski definition) is 2. The molecule has 1 amide bonds. The first-order chi connectivity index (χ1) is 8.59. The fourth-order valence-corrected chi connectivity index (χ4v) is 5.37. The van der Waals surface area contributed by atoms with Crippen LogP contribution in [-0.2, 0) is 4.79 Å². The number of hydrogen-bond donors (Lipinski definition) is 2. The van der Waals surface area contributed by atoms with Crippen LogP contribution in [0, 0.1) is 11.8 Å². The van der Waals surface area contributed by atoms with Gasteiger partial charge in [0, 0.05) is 17.5 Å². The molecule has 102 valence electrons. The highest BCUT2D eigenvalue weighted by Crippen LogP contribution is 2.57. The number of nitrogens with one attached hydrogen (secondary N) is 2. The van der Waals surface area contributed by atoms with Crippen molar-refractivity contribution in [3.05, 3.63) is 0 Å². The Bertz CT molecular complexity index is 338. The lowest BCUT2D eigenvalue weighted by atomic mass is 9.50. The van der Waals surface area contributed by atoms with Crippen LogP contribution in [0.3, 0.4) is 0 Å². The van der Waals surface area contributed by atoms with Gasteiger partial charge in [0.2, 0.25) is 5.91 Å². The second-order valence-electron chi connectivity index (χ2n) is 6.95. The Labute approximate surface area is 110 Å². The molecule has 4 aliphatic carbocycles. The van der Waals surface area contributed by atoms with Crippen LogP contribution in [0.1, 0.15) is 58.8 Å². The number of carbonyl (C=O) groups excluding carboxylic acids is 1. The van der Waals surface area contributed by atoms with Crippen molar-refractivity contribution in [1.29, 1.82) is 0 Å². The maximum absolute atomic E-state index is 11.8. The van der Waals surface area contributed by atoms with E-state index in [1.807, 2.05) is 6.92 Å². The summed E-state index contributed by atoms with van der Waals surface area (Å²) < 4.78 is 0. The molecule has 0 radical (unpaired) electrons. The first-order valence-electron chi connectivity index (χ1n) is 7.65. The molecule has 3 nitrogen and oxygen atoms in total. The summed E-state index contributed by atoms with van der Waals surface area (Å²) in [5.74, 6) is 1.91. The van der Waals surface area contributed by atoms with Crippen LogP contribution in [-0.4, -0.2) is 23.5 Å². The molecule has 2 N–H and O–H groups in total. The molecule has 4 saturated carbocycles. The number of carbonyl (C=O) groups is 1. The molecule has 0 saturated heterocycles. The average molecular weight is 250 g/mol. The van der Waals surface area contributed by atoms with Gasteiger partial charge in [0.25, 0.3) is 0 Å². The molecule has 4 rings (SSSR count). The molecule has 18 heavy (non-hydrogen) atoms. The van der Waals surface area contributed by atoms with E-state index in [-0.39, 0.29) is 11.4 Å². The van der Waals surface area contributed by atoms with E-state index in [9.17, 15) is 4.79 Å². The summed E-state index contributed by atoms with van der Waals surface area (Å²) in [6.07, 6.45) is 8.29. The van der Waals surface area contributed by atoms with E-state index < -0.39 is 0 Å². The summed E-state index contributed by atoms with van der Waals surface area (Å²) in [6, 6.07) is 0. The molecule has 2 unspecified atom stereocenters. The van der Waals surface area contributed by atoms with Crippen LogP contribution in [0.5, 0.6) is 0 Å².